The van der Waals surface area contributed by atoms with Crippen LogP contribution >= 0.6 is 0 Å². The third-order valence-corrected chi connectivity index (χ3v) is 5.10. The quantitative estimate of drug-likeness (QED) is 0.604. The van der Waals surface area contributed by atoms with Crippen LogP contribution in [0.25, 0.3) is 22.3 Å². The molecule has 0 saturated heterocycles. The normalized spacial score (nSPS) is 12.3. The van der Waals surface area contributed by atoms with Gasteiger partial charge in [-0.2, -0.15) is 0 Å². The van der Waals surface area contributed by atoms with Crippen LogP contribution in [0.15, 0.2) is 51.7 Å². The maximum atomic E-state index is 12.5. The molecule has 1 N–H and O–H groups in total. The van der Waals surface area contributed by atoms with Gasteiger partial charge in [0.2, 0.25) is 0 Å². The Hall–Kier alpha value is -2.88. The Morgan fingerprint density at radius 1 is 1.11 bits per heavy atom. The summed E-state index contributed by atoms with van der Waals surface area (Å²) in [4.78, 5) is 23.8. The van der Waals surface area contributed by atoms with E-state index in [0.29, 0.717) is 22.8 Å². The summed E-state index contributed by atoms with van der Waals surface area (Å²) in [6.45, 7) is 6.09. The van der Waals surface area contributed by atoms with Gasteiger partial charge in [-0.05, 0) is 48.9 Å². The van der Waals surface area contributed by atoms with Crippen LogP contribution in [0, 0.1) is 6.92 Å². The highest BCUT2D eigenvalue weighted by atomic mass is 16.4. The number of fused-ring (bicyclic) bond motifs is 1. The van der Waals surface area contributed by atoms with Crippen molar-refractivity contribution in [2.24, 2.45) is 0 Å². The zero-order valence-electron chi connectivity index (χ0n) is 15.9. The van der Waals surface area contributed by atoms with Crippen molar-refractivity contribution in [3.63, 3.8) is 0 Å². The molecule has 1 unspecified atom stereocenters. The first-order valence-electron chi connectivity index (χ1n) is 9.36. The predicted molar refractivity (Wildman–Crippen MR) is 108 cm³/mol. The van der Waals surface area contributed by atoms with E-state index in [1.165, 1.54) is 17.7 Å². The van der Waals surface area contributed by atoms with Crippen molar-refractivity contribution >= 4 is 16.9 Å². The SMILES string of the molecule is CCCC(CC)c1ccc(-c2cc(=O)c3cc(C(=O)O)c(C)cc3o2)cc1. The largest absolute Gasteiger partial charge is 0.478 e. The first kappa shape index (κ1) is 18.9. The number of carboxylic acids is 1. The molecule has 27 heavy (non-hydrogen) atoms. The number of benzene rings is 2. The Morgan fingerprint density at radius 3 is 2.41 bits per heavy atom. The first-order chi connectivity index (χ1) is 12.9. The van der Waals surface area contributed by atoms with Crippen molar-refractivity contribution in [1.82, 2.24) is 0 Å². The monoisotopic (exact) mass is 364 g/mol. The van der Waals surface area contributed by atoms with Gasteiger partial charge in [-0.25, -0.2) is 4.79 Å². The number of carboxylic acid groups (broad SMARTS) is 1. The Kier molecular flexibility index (Phi) is 5.45. The molecule has 1 heterocycles. The maximum Gasteiger partial charge on any atom is 0.335 e. The number of hydrogen-bond donors (Lipinski definition) is 1. The smallest absolute Gasteiger partial charge is 0.335 e. The fourth-order valence-corrected chi connectivity index (χ4v) is 3.55. The molecular formula is C23H24O4. The lowest BCUT2D eigenvalue weighted by molar-refractivity contribution is 0.0696. The molecule has 140 valence electrons. The van der Waals surface area contributed by atoms with Crippen LogP contribution < -0.4 is 5.43 Å². The zero-order chi connectivity index (χ0) is 19.6. The van der Waals surface area contributed by atoms with E-state index in [2.05, 4.69) is 26.0 Å². The minimum atomic E-state index is -1.05. The lowest BCUT2D eigenvalue weighted by Crippen LogP contribution is -2.05. The van der Waals surface area contributed by atoms with Gasteiger partial charge < -0.3 is 9.52 Å². The average molecular weight is 364 g/mol. The summed E-state index contributed by atoms with van der Waals surface area (Å²) in [5.74, 6) is -0.0131. The van der Waals surface area contributed by atoms with Crippen molar-refractivity contribution in [2.45, 2.75) is 46.0 Å². The van der Waals surface area contributed by atoms with Gasteiger partial charge in [0, 0.05) is 11.6 Å². The highest BCUT2D eigenvalue weighted by Gasteiger charge is 2.14. The van der Waals surface area contributed by atoms with Gasteiger partial charge in [-0.1, -0.05) is 44.5 Å². The van der Waals surface area contributed by atoms with E-state index in [0.717, 1.165) is 24.8 Å². The molecule has 1 aromatic heterocycles. The van der Waals surface area contributed by atoms with Crippen LogP contribution in [0.5, 0.6) is 0 Å². The van der Waals surface area contributed by atoms with E-state index in [-0.39, 0.29) is 16.4 Å². The molecule has 0 fully saturated rings. The van der Waals surface area contributed by atoms with E-state index in [1.807, 2.05) is 12.1 Å². The van der Waals surface area contributed by atoms with E-state index >= 15 is 0 Å². The lowest BCUT2D eigenvalue weighted by Gasteiger charge is -2.14. The van der Waals surface area contributed by atoms with Crippen LogP contribution in [0.3, 0.4) is 0 Å². The molecule has 3 aromatic rings. The Bertz CT molecular complexity index is 1030. The summed E-state index contributed by atoms with van der Waals surface area (Å²) in [7, 11) is 0. The number of hydrogen-bond acceptors (Lipinski definition) is 3. The number of aryl methyl sites for hydroxylation is 1. The predicted octanol–water partition coefficient (Wildman–Crippen LogP) is 5.76. The number of rotatable bonds is 6. The van der Waals surface area contributed by atoms with Gasteiger partial charge >= 0.3 is 5.97 Å². The molecule has 3 rings (SSSR count). The average Bonchev–Trinajstić information content (AvgIpc) is 2.65. The van der Waals surface area contributed by atoms with Gasteiger partial charge in [-0.15, -0.1) is 0 Å². The molecule has 1 atom stereocenters. The van der Waals surface area contributed by atoms with E-state index in [9.17, 15) is 14.7 Å². The zero-order valence-corrected chi connectivity index (χ0v) is 15.9. The van der Waals surface area contributed by atoms with Crippen molar-refractivity contribution in [3.05, 3.63) is 69.4 Å². The number of carbonyl (C=O) groups is 1. The van der Waals surface area contributed by atoms with Gasteiger partial charge in [0.1, 0.15) is 11.3 Å². The molecule has 2 aromatic carbocycles. The summed E-state index contributed by atoms with van der Waals surface area (Å²) in [5, 5.41) is 9.53. The molecule has 0 radical (unpaired) electrons. The summed E-state index contributed by atoms with van der Waals surface area (Å²) >= 11 is 0. The van der Waals surface area contributed by atoms with Crippen LogP contribution in [0.2, 0.25) is 0 Å². The molecule has 0 spiro atoms. The third-order valence-electron chi connectivity index (χ3n) is 5.10. The van der Waals surface area contributed by atoms with Crippen LogP contribution in [-0.2, 0) is 0 Å². The highest BCUT2D eigenvalue weighted by Crippen LogP contribution is 2.29. The van der Waals surface area contributed by atoms with Crippen molar-refractivity contribution in [1.29, 1.82) is 0 Å². The molecule has 0 saturated carbocycles. The molecule has 0 bridgehead atoms. The highest BCUT2D eigenvalue weighted by molar-refractivity contribution is 5.94. The summed E-state index contributed by atoms with van der Waals surface area (Å²) < 4.78 is 5.93. The van der Waals surface area contributed by atoms with E-state index < -0.39 is 5.97 Å². The molecule has 0 amide bonds. The number of aromatic carboxylic acids is 1. The summed E-state index contributed by atoms with van der Waals surface area (Å²) in [6.07, 6.45) is 3.41. The molecule has 0 aliphatic rings. The van der Waals surface area contributed by atoms with Crippen LogP contribution in [0.4, 0.5) is 0 Å². The Labute approximate surface area is 158 Å². The first-order valence-corrected chi connectivity index (χ1v) is 9.36. The fraction of sp³-hybridized carbons (Fsp3) is 0.304. The molecule has 0 aliphatic carbocycles. The van der Waals surface area contributed by atoms with Crippen LogP contribution in [-0.4, -0.2) is 11.1 Å². The van der Waals surface area contributed by atoms with Crippen molar-refractivity contribution in [3.8, 4) is 11.3 Å². The standard InChI is InChI=1S/C23H24O4/c1-4-6-15(5-2)16-7-9-17(10-8-16)21-13-20(24)19-12-18(23(25)26)14(3)11-22(19)27-21/h7-13,15H,4-6H2,1-3H3,(H,25,26). The fourth-order valence-electron chi connectivity index (χ4n) is 3.55. The minimum absolute atomic E-state index is 0.119. The third kappa shape index (κ3) is 3.80. The Morgan fingerprint density at radius 2 is 1.81 bits per heavy atom. The maximum absolute atomic E-state index is 12.5. The van der Waals surface area contributed by atoms with E-state index in [1.54, 1.807) is 13.0 Å². The van der Waals surface area contributed by atoms with Gasteiger partial charge in [-0.3, -0.25) is 4.79 Å². The van der Waals surface area contributed by atoms with Crippen molar-refractivity contribution in [2.75, 3.05) is 0 Å². The molecule has 0 aliphatic heterocycles. The molecular weight excluding hydrogens is 340 g/mol. The topological polar surface area (TPSA) is 67.5 Å². The van der Waals surface area contributed by atoms with Gasteiger partial charge in [0.15, 0.2) is 5.43 Å². The van der Waals surface area contributed by atoms with Gasteiger partial charge in [0.25, 0.3) is 0 Å². The summed E-state index contributed by atoms with van der Waals surface area (Å²) in [6, 6.07) is 12.6. The molecule has 4 heteroatoms. The Balaban J connectivity index is 2.03. The second-order valence-corrected chi connectivity index (χ2v) is 6.96. The second kappa shape index (κ2) is 7.78. The molecule has 4 nitrogen and oxygen atoms in total. The van der Waals surface area contributed by atoms with Gasteiger partial charge in [0.05, 0.1) is 10.9 Å². The lowest BCUT2D eigenvalue weighted by atomic mass is 9.91. The summed E-state index contributed by atoms with van der Waals surface area (Å²) in [5.41, 5.74) is 2.98. The second-order valence-electron chi connectivity index (χ2n) is 6.96. The van der Waals surface area contributed by atoms with Crippen LogP contribution in [0.1, 0.15) is 60.5 Å². The van der Waals surface area contributed by atoms with Crippen molar-refractivity contribution < 1.29 is 14.3 Å². The van der Waals surface area contributed by atoms with E-state index in [4.69, 9.17) is 4.42 Å². The minimum Gasteiger partial charge on any atom is -0.478 e.